The van der Waals surface area contributed by atoms with Crippen LogP contribution in [0.2, 0.25) is 5.02 Å². The Morgan fingerprint density at radius 3 is 2.31 bits per heavy atom. The van der Waals surface area contributed by atoms with E-state index in [-0.39, 0.29) is 11.7 Å². The molecule has 0 aliphatic heterocycles. The van der Waals surface area contributed by atoms with Gasteiger partial charge < -0.3 is 10.1 Å². The summed E-state index contributed by atoms with van der Waals surface area (Å²) in [6.07, 6.45) is -3.30. The molecule has 10 heteroatoms. The molecule has 4 rings (SSSR count). The van der Waals surface area contributed by atoms with Crippen molar-refractivity contribution < 1.29 is 17.9 Å². The lowest BCUT2D eigenvalue weighted by Crippen LogP contribution is -2.17. The Hall–Kier alpha value is -4.11. The van der Waals surface area contributed by atoms with Crippen LogP contribution in [0.15, 0.2) is 90.0 Å². The second-order valence-corrected chi connectivity index (χ2v) is 7.73. The van der Waals surface area contributed by atoms with Crippen LogP contribution in [0.4, 0.5) is 24.9 Å². The van der Waals surface area contributed by atoms with Gasteiger partial charge in [-0.15, -0.1) is 13.2 Å². The fourth-order valence-corrected chi connectivity index (χ4v) is 3.19. The summed E-state index contributed by atoms with van der Waals surface area (Å²) in [5.74, 6) is 0.524. The van der Waals surface area contributed by atoms with Crippen molar-refractivity contribution in [3.05, 3.63) is 101 Å². The van der Waals surface area contributed by atoms with E-state index in [0.717, 1.165) is 11.1 Å². The van der Waals surface area contributed by atoms with E-state index >= 15 is 0 Å². The van der Waals surface area contributed by atoms with Gasteiger partial charge in [0.05, 0.1) is 11.9 Å². The number of hydrogen-bond acceptors (Lipinski definition) is 6. The molecular weight excluding hydrogens is 479 g/mol. The Kier molecular flexibility index (Phi) is 7.47. The summed E-state index contributed by atoms with van der Waals surface area (Å²) in [5, 5.41) is 8.05. The number of aromatic nitrogens is 2. The highest BCUT2D eigenvalue weighted by Crippen LogP contribution is 2.23. The smallest absolute Gasteiger partial charge is 0.406 e. The quantitative estimate of drug-likeness (QED) is 0.208. The van der Waals surface area contributed by atoms with Crippen LogP contribution in [-0.2, 0) is 6.54 Å². The molecule has 0 aliphatic carbocycles. The van der Waals surface area contributed by atoms with Gasteiger partial charge in [0.25, 0.3) is 0 Å². The van der Waals surface area contributed by atoms with Gasteiger partial charge in [0, 0.05) is 23.2 Å². The third-order valence-electron chi connectivity index (χ3n) is 4.67. The Morgan fingerprint density at radius 1 is 0.914 bits per heavy atom. The van der Waals surface area contributed by atoms with Gasteiger partial charge in [-0.05, 0) is 47.5 Å². The fraction of sp³-hybridized carbons (Fsp3) is 0.0800. The monoisotopic (exact) mass is 497 g/mol. The van der Waals surface area contributed by atoms with Crippen molar-refractivity contribution in [2.75, 3.05) is 10.7 Å². The number of halogens is 4. The molecule has 0 fully saturated rings. The van der Waals surface area contributed by atoms with Crippen molar-refractivity contribution >= 4 is 29.6 Å². The van der Waals surface area contributed by atoms with Crippen LogP contribution in [0.25, 0.3) is 11.3 Å². The molecule has 6 nitrogen and oxygen atoms in total. The number of nitrogens with one attached hydrogen (secondary N) is 2. The van der Waals surface area contributed by atoms with E-state index in [9.17, 15) is 13.2 Å². The van der Waals surface area contributed by atoms with Gasteiger partial charge in [0.2, 0.25) is 5.95 Å². The zero-order chi connectivity index (χ0) is 24.7. The number of hydrogen-bond donors (Lipinski definition) is 2. The number of benzene rings is 3. The first-order valence-corrected chi connectivity index (χ1v) is 10.8. The average Bonchev–Trinajstić information content (AvgIpc) is 2.84. The predicted molar refractivity (Wildman–Crippen MR) is 131 cm³/mol. The molecule has 0 saturated heterocycles. The van der Waals surface area contributed by atoms with Crippen LogP contribution < -0.4 is 15.5 Å². The highest BCUT2D eigenvalue weighted by atomic mass is 35.5. The Bertz CT molecular complexity index is 1280. The lowest BCUT2D eigenvalue weighted by Gasteiger charge is -2.10. The SMILES string of the molecule is FC(F)(F)Oc1ccc(/C=N\Nc2nc(NCc3ccc(Cl)cc3)cc(-c3ccccc3)n2)cc1. The molecule has 1 heterocycles. The molecule has 0 atom stereocenters. The maximum Gasteiger partial charge on any atom is 0.573 e. The van der Waals surface area contributed by atoms with E-state index in [2.05, 4.69) is 30.5 Å². The van der Waals surface area contributed by atoms with Crippen molar-refractivity contribution in [2.24, 2.45) is 5.10 Å². The van der Waals surface area contributed by atoms with E-state index in [0.29, 0.717) is 28.6 Å². The molecule has 1 aromatic heterocycles. The molecule has 0 spiro atoms. The molecule has 35 heavy (non-hydrogen) atoms. The van der Waals surface area contributed by atoms with Crippen LogP contribution >= 0.6 is 11.6 Å². The van der Waals surface area contributed by atoms with Crippen LogP contribution in [0.3, 0.4) is 0 Å². The standard InChI is InChI=1S/C25H19ClF3N5O/c26-20-10-6-17(7-11-20)15-30-23-14-22(19-4-2-1-3-5-19)32-24(33-23)34-31-16-18-8-12-21(13-9-18)35-25(27,28)29/h1-14,16H,15H2,(H2,30,32,33,34)/b31-16-. The molecule has 0 aliphatic rings. The lowest BCUT2D eigenvalue weighted by molar-refractivity contribution is -0.274. The number of anilines is 2. The molecule has 0 bridgehead atoms. The highest BCUT2D eigenvalue weighted by Gasteiger charge is 2.30. The van der Waals surface area contributed by atoms with Gasteiger partial charge in [-0.25, -0.2) is 10.4 Å². The lowest BCUT2D eigenvalue weighted by atomic mass is 10.1. The second-order valence-electron chi connectivity index (χ2n) is 7.29. The Labute approximate surface area is 204 Å². The normalized spacial score (nSPS) is 11.4. The molecule has 3 aromatic carbocycles. The summed E-state index contributed by atoms with van der Waals surface area (Å²) in [6, 6.07) is 24.2. The largest absolute Gasteiger partial charge is 0.573 e. The maximum atomic E-state index is 12.3. The van der Waals surface area contributed by atoms with Crippen LogP contribution in [-0.4, -0.2) is 22.5 Å². The van der Waals surface area contributed by atoms with Gasteiger partial charge in [-0.3, -0.25) is 0 Å². The molecule has 0 radical (unpaired) electrons. The third-order valence-corrected chi connectivity index (χ3v) is 4.93. The zero-order valence-corrected chi connectivity index (χ0v) is 18.9. The van der Waals surface area contributed by atoms with Crippen molar-refractivity contribution in [2.45, 2.75) is 12.9 Å². The zero-order valence-electron chi connectivity index (χ0n) is 18.1. The maximum absolute atomic E-state index is 12.3. The summed E-state index contributed by atoms with van der Waals surface area (Å²) in [6.45, 7) is 0.525. The van der Waals surface area contributed by atoms with Crippen molar-refractivity contribution in [3.63, 3.8) is 0 Å². The molecule has 0 amide bonds. The van der Waals surface area contributed by atoms with E-state index in [1.807, 2.05) is 60.7 Å². The van der Waals surface area contributed by atoms with E-state index in [4.69, 9.17) is 11.6 Å². The van der Waals surface area contributed by atoms with E-state index < -0.39 is 6.36 Å². The summed E-state index contributed by atoms with van der Waals surface area (Å²) >= 11 is 5.95. The first-order valence-electron chi connectivity index (χ1n) is 10.4. The number of nitrogens with zero attached hydrogens (tertiary/aromatic N) is 3. The second kappa shape index (κ2) is 10.9. The van der Waals surface area contributed by atoms with Gasteiger partial charge in [0.15, 0.2) is 0 Å². The summed E-state index contributed by atoms with van der Waals surface area (Å²) in [7, 11) is 0. The van der Waals surface area contributed by atoms with E-state index in [1.54, 1.807) is 0 Å². The molecule has 178 valence electrons. The molecule has 2 N–H and O–H groups in total. The van der Waals surface area contributed by atoms with E-state index in [1.165, 1.54) is 30.5 Å². The minimum atomic E-state index is -4.74. The van der Waals surface area contributed by atoms with Crippen LogP contribution in [0, 0.1) is 0 Å². The van der Waals surface area contributed by atoms with Crippen LogP contribution in [0.5, 0.6) is 5.75 Å². The minimum absolute atomic E-state index is 0.248. The minimum Gasteiger partial charge on any atom is -0.406 e. The number of alkyl halides is 3. The van der Waals surface area contributed by atoms with Gasteiger partial charge in [-0.2, -0.15) is 10.1 Å². The first-order chi connectivity index (χ1) is 16.8. The van der Waals surface area contributed by atoms with Gasteiger partial charge in [-0.1, -0.05) is 54.1 Å². The number of hydrazone groups is 1. The van der Waals surface area contributed by atoms with Crippen molar-refractivity contribution in [1.29, 1.82) is 0 Å². The summed E-state index contributed by atoms with van der Waals surface area (Å²) < 4.78 is 40.8. The Morgan fingerprint density at radius 2 is 1.63 bits per heavy atom. The molecule has 4 aromatic rings. The third kappa shape index (κ3) is 7.44. The first kappa shape index (κ1) is 24.0. The topological polar surface area (TPSA) is 71.4 Å². The van der Waals surface area contributed by atoms with Gasteiger partial charge >= 0.3 is 6.36 Å². The Balaban J connectivity index is 1.49. The summed E-state index contributed by atoms with van der Waals surface area (Å²) in [5.41, 5.74) is 5.96. The molecule has 0 unspecified atom stereocenters. The average molecular weight is 498 g/mol. The summed E-state index contributed by atoms with van der Waals surface area (Å²) in [4.78, 5) is 8.98. The molecular formula is C25H19ClF3N5O. The number of rotatable bonds is 8. The predicted octanol–water partition coefficient (Wildman–Crippen LogP) is 6.75. The van der Waals surface area contributed by atoms with Crippen LogP contribution in [0.1, 0.15) is 11.1 Å². The van der Waals surface area contributed by atoms with Crippen molar-refractivity contribution in [3.8, 4) is 17.0 Å². The molecule has 0 saturated carbocycles. The van der Waals surface area contributed by atoms with Crippen molar-refractivity contribution in [1.82, 2.24) is 9.97 Å². The highest BCUT2D eigenvalue weighted by molar-refractivity contribution is 6.30. The fourth-order valence-electron chi connectivity index (χ4n) is 3.06. The van der Waals surface area contributed by atoms with Gasteiger partial charge in [0.1, 0.15) is 11.6 Å². The number of ether oxygens (including phenoxy) is 1.